The smallest absolute Gasteiger partial charge is 0.238 e. The molecule has 0 aromatic heterocycles. The number of rotatable bonds is 4. The summed E-state index contributed by atoms with van der Waals surface area (Å²) >= 11 is 0. The van der Waals surface area contributed by atoms with E-state index in [1.165, 1.54) is 0 Å². The Morgan fingerprint density at radius 2 is 1.95 bits per heavy atom. The molecule has 0 bridgehead atoms. The average molecular weight is 290 g/mol. The molecule has 116 valence electrons. The molecule has 1 heterocycles. The van der Waals surface area contributed by atoms with Gasteiger partial charge in [0.1, 0.15) is 0 Å². The molecule has 0 aliphatic carbocycles. The lowest BCUT2D eigenvalue weighted by Crippen LogP contribution is -2.50. The minimum absolute atomic E-state index is 0.0293. The number of carbonyl (C=O) groups is 1. The molecule has 21 heavy (non-hydrogen) atoms. The summed E-state index contributed by atoms with van der Waals surface area (Å²) in [5.74, 6) is 0.0293. The zero-order valence-electron chi connectivity index (χ0n) is 13.2. The van der Waals surface area contributed by atoms with Crippen LogP contribution in [-0.2, 0) is 4.79 Å². The lowest BCUT2D eigenvalue weighted by molar-refractivity contribution is -0.117. The number of nitrogen functional groups attached to an aromatic ring is 1. The van der Waals surface area contributed by atoms with E-state index in [2.05, 4.69) is 29.0 Å². The van der Waals surface area contributed by atoms with Gasteiger partial charge in [-0.25, -0.2) is 0 Å². The summed E-state index contributed by atoms with van der Waals surface area (Å²) in [6, 6.07) is 6.17. The van der Waals surface area contributed by atoms with Gasteiger partial charge in [0.15, 0.2) is 0 Å². The minimum Gasteiger partial charge on any atom is -0.398 e. The molecule has 2 rings (SSSR count). The van der Waals surface area contributed by atoms with Crippen LogP contribution in [0.1, 0.15) is 19.4 Å². The Morgan fingerprint density at radius 3 is 2.57 bits per heavy atom. The maximum Gasteiger partial charge on any atom is 0.238 e. The summed E-state index contributed by atoms with van der Waals surface area (Å²) in [4.78, 5) is 16.8. The van der Waals surface area contributed by atoms with Gasteiger partial charge < -0.3 is 11.1 Å². The number of piperazine rings is 1. The third kappa shape index (κ3) is 4.19. The van der Waals surface area contributed by atoms with Crippen molar-refractivity contribution in [3.63, 3.8) is 0 Å². The Kier molecular flexibility index (Phi) is 5.20. The van der Waals surface area contributed by atoms with Gasteiger partial charge in [0.2, 0.25) is 5.91 Å². The first kappa shape index (κ1) is 15.8. The van der Waals surface area contributed by atoms with Crippen LogP contribution >= 0.6 is 0 Å². The van der Waals surface area contributed by atoms with Crippen LogP contribution in [0, 0.1) is 6.92 Å². The monoisotopic (exact) mass is 290 g/mol. The van der Waals surface area contributed by atoms with Gasteiger partial charge >= 0.3 is 0 Å². The fourth-order valence-corrected chi connectivity index (χ4v) is 2.62. The molecular weight excluding hydrogens is 264 g/mol. The molecule has 0 atom stereocenters. The maximum atomic E-state index is 12.2. The van der Waals surface area contributed by atoms with E-state index in [-0.39, 0.29) is 5.91 Å². The van der Waals surface area contributed by atoms with Crippen LogP contribution in [0.3, 0.4) is 0 Å². The zero-order chi connectivity index (χ0) is 15.4. The van der Waals surface area contributed by atoms with Crippen molar-refractivity contribution >= 4 is 17.3 Å². The quantitative estimate of drug-likeness (QED) is 0.826. The average Bonchev–Trinajstić information content (AvgIpc) is 2.44. The Balaban J connectivity index is 1.84. The molecule has 1 fully saturated rings. The minimum atomic E-state index is 0.0293. The maximum absolute atomic E-state index is 12.2. The first-order valence-electron chi connectivity index (χ1n) is 7.58. The number of nitrogens with two attached hydrogens (primary N) is 1. The van der Waals surface area contributed by atoms with E-state index < -0.39 is 0 Å². The van der Waals surface area contributed by atoms with Crippen LogP contribution < -0.4 is 11.1 Å². The normalized spacial score (nSPS) is 17.1. The first-order valence-corrected chi connectivity index (χ1v) is 7.58. The molecule has 3 N–H and O–H groups in total. The molecule has 1 saturated heterocycles. The third-order valence-corrected chi connectivity index (χ3v) is 4.15. The van der Waals surface area contributed by atoms with Gasteiger partial charge in [0, 0.05) is 43.6 Å². The molecular formula is C16H26N4O. The summed E-state index contributed by atoms with van der Waals surface area (Å²) in [6.45, 7) is 10.7. The molecule has 0 spiro atoms. The molecule has 0 saturated carbocycles. The van der Waals surface area contributed by atoms with E-state index in [0.717, 1.165) is 37.4 Å². The first-order chi connectivity index (χ1) is 9.97. The van der Waals surface area contributed by atoms with Crippen molar-refractivity contribution in [1.29, 1.82) is 0 Å². The zero-order valence-corrected chi connectivity index (χ0v) is 13.2. The van der Waals surface area contributed by atoms with Crippen LogP contribution in [0.5, 0.6) is 0 Å². The predicted octanol–water partition coefficient (Wildman–Crippen LogP) is 1.54. The van der Waals surface area contributed by atoms with E-state index in [1.54, 1.807) is 0 Å². The van der Waals surface area contributed by atoms with E-state index in [9.17, 15) is 4.79 Å². The van der Waals surface area contributed by atoms with Crippen molar-refractivity contribution in [3.8, 4) is 0 Å². The van der Waals surface area contributed by atoms with Gasteiger partial charge in [-0.15, -0.1) is 0 Å². The molecule has 0 unspecified atom stereocenters. The molecule has 5 nitrogen and oxygen atoms in total. The molecule has 1 aliphatic rings. The third-order valence-electron chi connectivity index (χ3n) is 4.15. The summed E-state index contributed by atoms with van der Waals surface area (Å²) in [5.41, 5.74) is 8.30. The number of nitrogens with zero attached hydrogens (tertiary/aromatic N) is 2. The van der Waals surface area contributed by atoms with Crippen molar-refractivity contribution < 1.29 is 4.79 Å². The molecule has 1 aliphatic heterocycles. The summed E-state index contributed by atoms with van der Waals surface area (Å²) in [5, 5.41) is 2.96. The fraction of sp³-hybridized carbons (Fsp3) is 0.562. The van der Waals surface area contributed by atoms with Crippen molar-refractivity contribution in [2.24, 2.45) is 0 Å². The second kappa shape index (κ2) is 6.91. The van der Waals surface area contributed by atoms with E-state index in [4.69, 9.17) is 5.73 Å². The van der Waals surface area contributed by atoms with Crippen molar-refractivity contribution in [2.45, 2.75) is 26.8 Å². The van der Waals surface area contributed by atoms with Gasteiger partial charge in [-0.3, -0.25) is 14.6 Å². The van der Waals surface area contributed by atoms with Crippen molar-refractivity contribution in [3.05, 3.63) is 23.8 Å². The van der Waals surface area contributed by atoms with Crippen molar-refractivity contribution in [2.75, 3.05) is 43.8 Å². The molecule has 1 aromatic rings. The number of anilines is 2. The van der Waals surface area contributed by atoms with Crippen LogP contribution in [-0.4, -0.2) is 54.5 Å². The van der Waals surface area contributed by atoms with Crippen LogP contribution in [0.25, 0.3) is 0 Å². The van der Waals surface area contributed by atoms with Gasteiger partial charge in [-0.05, 0) is 38.5 Å². The van der Waals surface area contributed by atoms with Crippen LogP contribution in [0.4, 0.5) is 11.4 Å². The number of carbonyl (C=O) groups excluding carboxylic acids is 1. The lowest BCUT2D eigenvalue weighted by atomic mass is 10.1. The lowest BCUT2D eigenvalue weighted by Gasteiger charge is -2.36. The summed E-state index contributed by atoms with van der Waals surface area (Å²) < 4.78 is 0. The Hall–Kier alpha value is -1.59. The van der Waals surface area contributed by atoms with Crippen molar-refractivity contribution in [1.82, 2.24) is 9.80 Å². The highest BCUT2D eigenvalue weighted by Crippen LogP contribution is 2.20. The van der Waals surface area contributed by atoms with Gasteiger partial charge in [-0.2, -0.15) is 0 Å². The van der Waals surface area contributed by atoms with Gasteiger partial charge in [0.25, 0.3) is 0 Å². The van der Waals surface area contributed by atoms with Crippen LogP contribution in [0.15, 0.2) is 18.2 Å². The molecule has 0 radical (unpaired) electrons. The second-order valence-electron chi connectivity index (χ2n) is 5.97. The second-order valence-corrected chi connectivity index (χ2v) is 5.97. The summed E-state index contributed by atoms with van der Waals surface area (Å²) in [6.07, 6.45) is 0. The largest absolute Gasteiger partial charge is 0.398 e. The number of amides is 1. The van der Waals surface area contributed by atoms with Crippen LogP contribution in [0.2, 0.25) is 0 Å². The Labute approximate surface area is 127 Å². The fourth-order valence-electron chi connectivity index (χ4n) is 2.62. The number of benzene rings is 1. The SMILES string of the molecule is Cc1c(N)cccc1NC(=O)CN1CCN(C(C)C)CC1. The highest BCUT2D eigenvalue weighted by molar-refractivity contribution is 5.93. The standard InChI is InChI=1S/C16H26N4O/c1-12(2)20-9-7-19(8-10-20)11-16(21)18-15-6-4-5-14(17)13(15)3/h4-6,12H,7-11,17H2,1-3H3,(H,18,21). The topological polar surface area (TPSA) is 61.6 Å². The molecule has 1 aromatic carbocycles. The van der Waals surface area contributed by atoms with Gasteiger partial charge in [-0.1, -0.05) is 6.07 Å². The number of hydrogen-bond acceptors (Lipinski definition) is 4. The Morgan fingerprint density at radius 1 is 1.29 bits per heavy atom. The number of hydrogen-bond donors (Lipinski definition) is 2. The van der Waals surface area contributed by atoms with E-state index in [0.29, 0.717) is 18.3 Å². The molecule has 1 amide bonds. The number of nitrogens with one attached hydrogen (secondary N) is 1. The van der Waals surface area contributed by atoms with Gasteiger partial charge in [0.05, 0.1) is 6.54 Å². The predicted molar refractivity (Wildman–Crippen MR) is 87.4 cm³/mol. The molecule has 5 heteroatoms. The highest BCUT2D eigenvalue weighted by atomic mass is 16.2. The highest BCUT2D eigenvalue weighted by Gasteiger charge is 2.20. The Bertz CT molecular complexity index is 493. The summed E-state index contributed by atoms with van der Waals surface area (Å²) in [7, 11) is 0. The van der Waals surface area contributed by atoms with E-state index in [1.807, 2.05) is 25.1 Å². The van der Waals surface area contributed by atoms with E-state index >= 15 is 0 Å².